The molecule has 1 fully saturated rings. The fourth-order valence-corrected chi connectivity index (χ4v) is 3.20. The largest absolute Gasteiger partial charge is 0.355 e. The fraction of sp³-hybridized carbons (Fsp3) is 0.579. The number of amides is 2. The molecule has 1 N–H and O–H groups in total. The van der Waals surface area contributed by atoms with Crippen molar-refractivity contribution in [3.63, 3.8) is 0 Å². The predicted molar refractivity (Wildman–Crippen MR) is 96.1 cm³/mol. The van der Waals surface area contributed by atoms with Gasteiger partial charge in [-0.25, -0.2) is 0 Å². The van der Waals surface area contributed by atoms with Gasteiger partial charge in [0.1, 0.15) is 0 Å². The molecule has 1 aliphatic heterocycles. The van der Waals surface area contributed by atoms with E-state index in [0.717, 1.165) is 42.6 Å². The number of hydrogen-bond donors (Lipinski definition) is 1. The van der Waals surface area contributed by atoms with Crippen LogP contribution in [-0.2, 0) is 4.79 Å². The molecule has 0 radical (unpaired) electrons. The van der Waals surface area contributed by atoms with E-state index >= 15 is 0 Å². The van der Waals surface area contributed by atoms with Gasteiger partial charge in [0.2, 0.25) is 5.91 Å². The lowest BCUT2D eigenvalue weighted by molar-refractivity contribution is -0.126. The monoisotopic (exact) mass is 331 g/mol. The average Bonchev–Trinajstić information content (AvgIpc) is 2.53. The lowest BCUT2D eigenvalue weighted by atomic mass is 9.96. The van der Waals surface area contributed by atoms with E-state index in [4.69, 9.17) is 0 Å². The van der Waals surface area contributed by atoms with Gasteiger partial charge >= 0.3 is 0 Å². The van der Waals surface area contributed by atoms with Gasteiger partial charge in [-0.1, -0.05) is 17.2 Å². The summed E-state index contributed by atoms with van der Waals surface area (Å²) in [5.74, 6) is -0.00173. The van der Waals surface area contributed by atoms with Crippen molar-refractivity contribution in [2.45, 2.75) is 26.7 Å². The quantitative estimate of drug-likeness (QED) is 0.896. The third-order valence-corrected chi connectivity index (χ3v) is 4.41. The van der Waals surface area contributed by atoms with Crippen molar-refractivity contribution in [3.8, 4) is 0 Å². The van der Waals surface area contributed by atoms with Crippen molar-refractivity contribution in [2.75, 3.05) is 40.3 Å². The van der Waals surface area contributed by atoms with Gasteiger partial charge in [-0.05, 0) is 52.9 Å². The highest BCUT2D eigenvalue weighted by Gasteiger charge is 2.28. The number of likely N-dealkylation sites (tertiary alicyclic amines) is 1. The van der Waals surface area contributed by atoms with Gasteiger partial charge in [0.15, 0.2) is 0 Å². The second-order valence-electron chi connectivity index (χ2n) is 7.06. The molecule has 0 saturated carbocycles. The molecule has 24 heavy (non-hydrogen) atoms. The van der Waals surface area contributed by atoms with Gasteiger partial charge in [-0.15, -0.1) is 0 Å². The van der Waals surface area contributed by atoms with Crippen LogP contribution in [-0.4, -0.2) is 61.9 Å². The molecule has 5 nitrogen and oxygen atoms in total. The summed E-state index contributed by atoms with van der Waals surface area (Å²) in [5, 5.41) is 2.98. The number of hydrogen-bond acceptors (Lipinski definition) is 3. The molecule has 1 atom stereocenters. The fourth-order valence-electron chi connectivity index (χ4n) is 3.20. The van der Waals surface area contributed by atoms with E-state index in [1.165, 1.54) is 0 Å². The number of nitrogens with one attached hydrogen (secondary N) is 1. The molecule has 2 amide bonds. The molecule has 1 saturated heterocycles. The molecule has 0 spiro atoms. The minimum absolute atomic E-state index is 0.0348. The number of rotatable bonds is 5. The Kier molecular flexibility index (Phi) is 6.37. The SMILES string of the molecule is Cc1cc(C)cc(C(=O)N2CCCC(C(=O)NCCN(C)C)C2)c1. The van der Waals surface area contributed by atoms with Crippen molar-refractivity contribution in [3.05, 3.63) is 34.9 Å². The van der Waals surface area contributed by atoms with Crippen LogP contribution in [0.3, 0.4) is 0 Å². The summed E-state index contributed by atoms with van der Waals surface area (Å²) >= 11 is 0. The topological polar surface area (TPSA) is 52.7 Å². The Morgan fingerprint density at radius 2 is 1.88 bits per heavy atom. The maximum Gasteiger partial charge on any atom is 0.253 e. The molecular weight excluding hydrogens is 302 g/mol. The number of nitrogens with zero attached hydrogens (tertiary/aromatic N) is 2. The number of benzene rings is 1. The van der Waals surface area contributed by atoms with E-state index in [2.05, 4.69) is 11.4 Å². The Morgan fingerprint density at radius 3 is 2.50 bits per heavy atom. The molecule has 1 aromatic carbocycles. The van der Waals surface area contributed by atoms with Crippen molar-refractivity contribution < 1.29 is 9.59 Å². The van der Waals surface area contributed by atoms with Crippen LogP contribution in [0.4, 0.5) is 0 Å². The summed E-state index contributed by atoms with van der Waals surface area (Å²) in [4.78, 5) is 29.0. The second kappa shape index (κ2) is 8.29. The third-order valence-electron chi connectivity index (χ3n) is 4.41. The number of piperidine rings is 1. The molecule has 0 bridgehead atoms. The molecule has 0 aromatic heterocycles. The second-order valence-corrected chi connectivity index (χ2v) is 7.06. The zero-order valence-electron chi connectivity index (χ0n) is 15.3. The van der Waals surface area contributed by atoms with E-state index in [9.17, 15) is 9.59 Å². The minimum Gasteiger partial charge on any atom is -0.355 e. The zero-order valence-corrected chi connectivity index (χ0v) is 15.3. The molecule has 2 rings (SSSR count). The van der Waals surface area contributed by atoms with Crippen molar-refractivity contribution in [1.29, 1.82) is 0 Å². The van der Waals surface area contributed by atoms with E-state index in [1.807, 2.05) is 49.9 Å². The van der Waals surface area contributed by atoms with Crippen LogP contribution in [0.1, 0.15) is 34.3 Å². The molecule has 1 aromatic rings. The number of likely N-dealkylation sites (N-methyl/N-ethyl adjacent to an activating group) is 1. The summed E-state index contributed by atoms with van der Waals surface area (Å²) in [5.41, 5.74) is 2.91. The first-order valence-electron chi connectivity index (χ1n) is 8.67. The molecule has 1 unspecified atom stereocenters. The van der Waals surface area contributed by atoms with Gasteiger partial charge in [-0.3, -0.25) is 9.59 Å². The smallest absolute Gasteiger partial charge is 0.253 e. The Labute approximate surface area is 145 Å². The number of carbonyl (C=O) groups excluding carboxylic acids is 2. The summed E-state index contributed by atoms with van der Waals surface area (Å²) < 4.78 is 0. The van der Waals surface area contributed by atoms with Crippen LogP contribution in [0.2, 0.25) is 0 Å². The van der Waals surface area contributed by atoms with Crippen LogP contribution in [0.5, 0.6) is 0 Å². The highest BCUT2D eigenvalue weighted by molar-refractivity contribution is 5.95. The highest BCUT2D eigenvalue weighted by atomic mass is 16.2. The lowest BCUT2D eigenvalue weighted by Gasteiger charge is -2.32. The van der Waals surface area contributed by atoms with Crippen LogP contribution >= 0.6 is 0 Å². The Morgan fingerprint density at radius 1 is 1.21 bits per heavy atom. The summed E-state index contributed by atoms with van der Waals surface area (Å²) in [6, 6.07) is 5.92. The van der Waals surface area contributed by atoms with E-state index in [1.54, 1.807) is 0 Å². The Balaban J connectivity index is 1.96. The first-order valence-corrected chi connectivity index (χ1v) is 8.67. The first kappa shape index (κ1) is 18.5. The molecule has 1 heterocycles. The maximum atomic E-state index is 12.8. The van der Waals surface area contributed by atoms with Crippen LogP contribution in [0.15, 0.2) is 18.2 Å². The van der Waals surface area contributed by atoms with E-state index in [0.29, 0.717) is 13.1 Å². The summed E-state index contributed by atoms with van der Waals surface area (Å²) in [7, 11) is 3.97. The van der Waals surface area contributed by atoms with Gasteiger partial charge < -0.3 is 15.1 Å². The van der Waals surface area contributed by atoms with E-state index in [-0.39, 0.29) is 17.7 Å². The zero-order chi connectivity index (χ0) is 17.7. The molecule has 1 aliphatic rings. The average molecular weight is 331 g/mol. The lowest BCUT2D eigenvalue weighted by Crippen LogP contribution is -2.46. The Bertz CT molecular complexity index is 578. The van der Waals surface area contributed by atoms with Gasteiger partial charge in [0.25, 0.3) is 5.91 Å². The Hall–Kier alpha value is -1.88. The van der Waals surface area contributed by atoms with Crippen molar-refractivity contribution in [2.24, 2.45) is 5.92 Å². The van der Waals surface area contributed by atoms with Crippen LogP contribution in [0, 0.1) is 19.8 Å². The van der Waals surface area contributed by atoms with Gasteiger partial charge in [0.05, 0.1) is 5.92 Å². The normalized spacial score (nSPS) is 17.9. The number of carbonyl (C=O) groups is 2. The van der Waals surface area contributed by atoms with Gasteiger partial charge in [-0.2, -0.15) is 0 Å². The maximum absolute atomic E-state index is 12.8. The van der Waals surface area contributed by atoms with Crippen molar-refractivity contribution >= 4 is 11.8 Å². The standard InChI is InChI=1S/C19H29N3O2/c1-14-10-15(2)12-17(11-14)19(24)22-8-5-6-16(13-22)18(23)20-7-9-21(3)4/h10-12,16H,5-9,13H2,1-4H3,(H,20,23). The molecule has 0 aliphatic carbocycles. The highest BCUT2D eigenvalue weighted by Crippen LogP contribution is 2.20. The predicted octanol–water partition coefficient (Wildman–Crippen LogP) is 1.83. The summed E-state index contributed by atoms with van der Waals surface area (Å²) in [6.07, 6.45) is 1.73. The molecule has 132 valence electrons. The third kappa shape index (κ3) is 5.06. The molecule has 5 heteroatoms. The van der Waals surface area contributed by atoms with E-state index < -0.39 is 0 Å². The number of aryl methyl sites for hydroxylation is 2. The van der Waals surface area contributed by atoms with Crippen LogP contribution < -0.4 is 5.32 Å². The van der Waals surface area contributed by atoms with Gasteiger partial charge in [0, 0.05) is 31.7 Å². The first-order chi connectivity index (χ1) is 11.4. The summed E-state index contributed by atoms with van der Waals surface area (Å²) in [6.45, 7) is 6.71. The van der Waals surface area contributed by atoms with Crippen molar-refractivity contribution in [1.82, 2.24) is 15.1 Å². The minimum atomic E-state index is -0.101. The molecular formula is C19H29N3O2. The van der Waals surface area contributed by atoms with Crippen LogP contribution in [0.25, 0.3) is 0 Å².